The third kappa shape index (κ3) is 5.14. The average Bonchev–Trinajstić information content (AvgIpc) is 1.85. The summed E-state index contributed by atoms with van der Waals surface area (Å²) in [6, 6.07) is 0. The minimum absolute atomic E-state index is 0.0412. The lowest BCUT2D eigenvalue weighted by molar-refractivity contribution is -0.143. The monoisotopic (exact) mass is 157 g/mol. The molecule has 0 bridgehead atoms. The highest BCUT2D eigenvalue weighted by Crippen LogP contribution is 1.96. The van der Waals surface area contributed by atoms with E-state index in [1.54, 1.807) is 6.92 Å². The standard InChI is InChI=1S/C7H11NO3/c1-3-7(10)11-5(2)4-6(8)9/h3,5H,1,4H2,2H3,(H2,8,9). The molecular weight excluding hydrogens is 146 g/mol. The van der Waals surface area contributed by atoms with Gasteiger partial charge in [0.2, 0.25) is 5.91 Å². The van der Waals surface area contributed by atoms with Gasteiger partial charge in [-0.3, -0.25) is 4.79 Å². The van der Waals surface area contributed by atoms with Crippen molar-refractivity contribution in [2.45, 2.75) is 19.4 Å². The predicted molar refractivity (Wildman–Crippen MR) is 39.6 cm³/mol. The van der Waals surface area contributed by atoms with Crippen LogP contribution in [0.5, 0.6) is 0 Å². The zero-order valence-corrected chi connectivity index (χ0v) is 6.37. The van der Waals surface area contributed by atoms with Gasteiger partial charge in [-0.2, -0.15) is 0 Å². The normalized spacial score (nSPS) is 11.7. The van der Waals surface area contributed by atoms with Crippen molar-refractivity contribution in [3.63, 3.8) is 0 Å². The second-order valence-corrected chi connectivity index (χ2v) is 2.12. The Bertz CT molecular complexity index is 177. The number of hydrogen-bond donors (Lipinski definition) is 1. The fraction of sp³-hybridized carbons (Fsp3) is 0.429. The summed E-state index contributed by atoms with van der Waals surface area (Å²) in [5.74, 6) is -1.03. The highest BCUT2D eigenvalue weighted by molar-refractivity contribution is 5.82. The first-order valence-electron chi connectivity index (χ1n) is 3.17. The number of hydrogen-bond acceptors (Lipinski definition) is 3. The van der Waals surface area contributed by atoms with E-state index in [2.05, 4.69) is 11.3 Å². The van der Waals surface area contributed by atoms with Crippen LogP contribution in [0.1, 0.15) is 13.3 Å². The van der Waals surface area contributed by atoms with Crippen molar-refractivity contribution < 1.29 is 14.3 Å². The summed E-state index contributed by atoms with van der Waals surface area (Å²) in [5.41, 5.74) is 4.85. The maximum absolute atomic E-state index is 10.5. The van der Waals surface area contributed by atoms with Crippen LogP contribution in [0.3, 0.4) is 0 Å². The number of carbonyl (C=O) groups is 2. The van der Waals surface area contributed by atoms with Crippen molar-refractivity contribution in [3.8, 4) is 0 Å². The van der Waals surface area contributed by atoms with Crippen LogP contribution < -0.4 is 5.73 Å². The van der Waals surface area contributed by atoms with Gasteiger partial charge >= 0.3 is 5.97 Å². The zero-order chi connectivity index (χ0) is 8.85. The lowest BCUT2D eigenvalue weighted by atomic mass is 10.3. The Hall–Kier alpha value is -1.32. The summed E-state index contributed by atoms with van der Waals surface area (Å²) in [4.78, 5) is 20.8. The van der Waals surface area contributed by atoms with Crippen LogP contribution in [0.2, 0.25) is 0 Å². The molecule has 0 saturated carbocycles. The summed E-state index contributed by atoms with van der Waals surface area (Å²) in [7, 11) is 0. The maximum atomic E-state index is 10.5. The molecule has 0 heterocycles. The number of esters is 1. The van der Waals surface area contributed by atoms with Gasteiger partial charge in [-0.05, 0) is 6.92 Å². The number of carbonyl (C=O) groups excluding carboxylic acids is 2. The third-order valence-electron chi connectivity index (χ3n) is 0.973. The minimum Gasteiger partial charge on any atom is -0.459 e. The van der Waals surface area contributed by atoms with E-state index >= 15 is 0 Å². The molecule has 0 aromatic rings. The maximum Gasteiger partial charge on any atom is 0.330 e. The van der Waals surface area contributed by atoms with Crippen LogP contribution >= 0.6 is 0 Å². The van der Waals surface area contributed by atoms with Crippen molar-refractivity contribution in [2.75, 3.05) is 0 Å². The molecule has 1 amide bonds. The SMILES string of the molecule is C=CC(=O)OC(C)CC(N)=O. The second-order valence-electron chi connectivity index (χ2n) is 2.12. The van der Waals surface area contributed by atoms with Gasteiger partial charge in [0.25, 0.3) is 0 Å². The highest BCUT2D eigenvalue weighted by atomic mass is 16.5. The molecule has 0 aliphatic heterocycles. The molecule has 62 valence electrons. The zero-order valence-electron chi connectivity index (χ0n) is 6.37. The average molecular weight is 157 g/mol. The quantitative estimate of drug-likeness (QED) is 0.460. The minimum atomic E-state index is -0.543. The topological polar surface area (TPSA) is 69.4 Å². The van der Waals surface area contributed by atoms with Crippen molar-refractivity contribution in [1.82, 2.24) is 0 Å². The number of amides is 1. The summed E-state index contributed by atoms with van der Waals surface area (Å²) >= 11 is 0. The Morgan fingerprint density at radius 1 is 1.73 bits per heavy atom. The lowest BCUT2D eigenvalue weighted by Gasteiger charge is -2.08. The number of primary amides is 1. The molecule has 11 heavy (non-hydrogen) atoms. The Morgan fingerprint density at radius 3 is 2.64 bits per heavy atom. The molecule has 0 aromatic carbocycles. The fourth-order valence-electron chi connectivity index (χ4n) is 0.571. The first kappa shape index (κ1) is 9.68. The van der Waals surface area contributed by atoms with Crippen LogP contribution in [0.4, 0.5) is 0 Å². The van der Waals surface area contributed by atoms with Crippen LogP contribution in [-0.2, 0) is 14.3 Å². The van der Waals surface area contributed by atoms with E-state index in [0.717, 1.165) is 6.08 Å². The molecule has 1 atom stereocenters. The number of rotatable bonds is 4. The van der Waals surface area contributed by atoms with E-state index in [1.807, 2.05) is 0 Å². The van der Waals surface area contributed by atoms with Crippen molar-refractivity contribution in [2.24, 2.45) is 5.73 Å². The van der Waals surface area contributed by atoms with Gasteiger partial charge in [0.1, 0.15) is 6.10 Å². The highest BCUT2D eigenvalue weighted by Gasteiger charge is 2.08. The van der Waals surface area contributed by atoms with E-state index < -0.39 is 18.0 Å². The Kier molecular flexibility index (Phi) is 3.95. The molecule has 0 saturated heterocycles. The summed E-state index contributed by atoms with van der Waals surface area (Å²) < 4.78 is 4.65. The van der Waals surface area contributed by atoms with E-state index in [0.29, 0.717) is 0 Å². The molecule has 4 nitrogen and oxygen atoms in total. The number of ether oxygens (including phenoxy) is 1. The van der Waals surface area contributed by atoms with Gasteiger partial charge in [-0.25, -0.2) is 4.79 Å². The first-order chi connectivity index (χ1) is 5.06. The first-order valence-corrected chi connectivity index (χ1v) is 3.17. The fourth-order valence-corrected chi connectivity index (χ4v) is 0.571. The molecule has 0 radical (unpaired) electrons. The predicted octanol–water partition coefficient (Wildman–Crippen LogP) is -0.0205. The molecule has 0 aliphatic rings. The smallest absolute Gasteiger partial charge is 0.330 e. The molecular formula is C7H11NO3. The van der Waals surface area contributed by atoms with Crippen LogP contribution in [0.25, 0.3) is 0 Å². The molecule has 0 aromatic heterocycles. The summed E-state index contributed by atoms with van der Waals surface area (Å²) in [6.45, 7) is 4.79. The lowest BCUT2D eigenvalue weighted by Crippen LogP contribution is -2.21. The van der Waals surface area contributed by atoms with Crippen LogP contribution in [0.15, 0.2) is 12.7 Å². The molecule has 0 rings (SSSR count). The Morgan fingerprint density at radius 2 is 2.27 bits per heavy atom. The molecule has 0 fully saturated rings. The Balaban J connectivity index is 3.68. The van der Waals surface area contributed by atoms with E-state index in [4.69, 9.17) is 5.73 Å². The van der Waals surface area contributed by atoms with E-state index in [1.165, 1.54) is 0 Å². The third-order valence-corrected chi connectivity index (χ3v) is 0.973. The van der Waals surface area contributed by atoms with Crippen molar-refractivity contribution >= 4 is 11.9 Å². The van der Waals surface area contributed by atoms with Gasteiger partial charge in [0.15, 0.2) is 0 Å². The Labute approximate surface area is 65.0 Å². The van der Waals surface area contributed by atoms with Gasteiger partial charge in [0.05, 0.1) is 6.42 Å². The molecule has 2 N–H and O–H groups in total. The molecule has 4 heteroatoms. The van der Waals surface area contributed by atoms with Gasteiger partial charge in [0, 0.05) is 6.08 Å². The van der Waals surface area contributed by atoms with Crippen molar-refractivity contribution in [3.05, 3.63) is 12.7 Å². The van der Waals surface area contributed by atoms with Crippen molar-refractivity contribution in [1.29, 1.82) is 0 Å². The molecule has 1 unspecified atom stereocenters. The van der Waals surface area contributed by atoms with Crippen LogP contribution in [0, 0.1) is 0 Å². The van der Waals surface area contributed by atoms with Gasteiger partial charge in [-0.15, -0.1) is 0 Å². The molecule has 0 spiro atoms. The van der Waals surface area contributed by atoms with E-state index in [9.17, 15) is 9.59 Å². The van der Waals surface area contributed by atoms with Gasteiger partial charge in [-0.1, -0.05) is 6.58 Å². The van der Waals surface area contributed by atoms with Gasteiger partial charge < -0.3 is 10.5 Å². The second kappa shape index (κ2) is 4.49. The summed E-state index contributed by atoms with van der Waals surface area (Å²) in [6.07, 6.45) is 0.606. The number of nitrogens with two attached hydrogens (primary N) is 1. The summed E-state index contributed by atoms with van der Waals surface area (Å²) in [5, 5.41) is 0. The molecule has 0 aliphatic carbocycles. The largest absolute Gasteiger partial charge is 0.459 e. The van der Waals surface area contributed by atoms with E-state index in [-0.39, 0.29) is 6.42 Å². The van der Waals surface area contributed by atoms with Crippen LogP contribution in [-0.4, -0.2) is 18.0 Å².